The van der Waals surface area contributed by atoms with Crippen molar-refractivity contribution in [2.24, 2.45) is 0 Å². The zero-order chi connectivity index (χ0) is 14.0. The lowest BCUT2D eigenvalue weighted by Gasteiger charge is -2.11. The molecule has 100 valence electrons. The first-order chi connectivity index (χ1) is 8.99. The molecule has 0 atom stereocenters. The normalized spacial score (nSPS) is 10.8. The second kappa shape index (κ2) is 5.68. The van der Waals surface area contributed by atoms with E-state index in [0.717, 1.165) is 5.69 Å². The van der Waals surface area contributed by atoms with Crippen molar-refractivity contribution in [2.75, 3.05) is 0 Å². The standard InChI is InChI=1S/C14H13Cl2NO2/c1-8(2)19-14(18)10-6-9(11(15)7-12(10)16)13-4-3-5-17-13/h3-8,17H,1-2H3. The Morgan fingerprint density at radius 3 is 2.58 bits per heavy atom. The number of benzene rings is 1. The Balaban J connectivity index is 2.45. The van der Waals surface area contributed by atoms with Gasteiger partial charge in [0.1, 0.15) is 0 Å². The fourth-order valence-corrected chi connectivity index (χ4v) is 2.25. The molecule has 2 rings (SSSR count). The minimum absolute atomic E-state index is 0.201. The van der Waals surface area contributed by atoms with E-state index in [1.165, 1.54) is 0 Å². The first-order valence-electron chi connectivity index (χ1n) is 5.83. The molecule has 0 aliphatic heterocycles. The van der Waals surface area contributed by atoms with Gasteiger partial charge in [0.25, 0.3) is 0 Å². The van der Waals surface area contributed by atoms with Crippen LogP contribution in [0.3, 0.4) is 0 Å². The van der Waals surface area contributed by atoms with Gasteiger partial charge in [-0.3, -0.25) is 0 Å². The predicted octanol–water partition coefficient (Wildman–Crippen LogP) is 4.55. The van der Waals surface area contributed by atoms with E-state index in [1.54, 1.807) is 32.2 Å². The quantitative estimate of drug-likeness (QED) is 0.844. The molecule has 0 saturated heterocycles. The van der Waals surface area contributed by atoms with Crippen LogP contribution >= 0.6 is 23.2 Å². The van der Waals surface area contributed by atoms with Crippen LogP contribution in [0.15, 0.2) is 30.5 Å². The van der Waals surface area contributed by atoms with Crippen molar-refractivity contribution in [3.8, 4) is 11.3 Å². The Kier molecular flexibility index (Phi) is 4.17. The largest absolute Gasteiger partial charge is 0.459 e. The molecular formula is C14H13Cl2NO2. The SMILES string of the molecule is CC(C)OC(=O)c1cc(-c2ccc[nH]2)c(Cl)cc1Cl. The number of aromatic nitrogens is 1. The van der Waals surface area contributed by atoms with Gasteiger partial charge in [0.2, 0.25) is 0 Å². The molecule has 1 aromatic carbocycles. The lowest BCUT2D eigenvalue weighted by molar-refractivity contribution is 0.0378. The van der Waals surface area contributed by atoms with Crippen molar-refractivity contribution in [1.82, 2.24) is 4.98 Å². The third kappa shape index (κ3) is 3.11. The minimum atomic E-state index is -0.454. The Morgan fingerprint density at radius 2 is 2.00 bits per heavy atom. The van der Waals surface area contributed by atoms with Crippen molar-refractivity contribution >= 4 is 29.2 Å². The van der Waals surface area contributed by atoms with E-state index in [9.17, 15) is 4.79 Å². The lowest BCUT2D eigenvalue weighted by atomic mass is 10.1. The van der Waals surface area contributed by atoms with E-state index in [2.05, 4.69) is 4.98 Å². The maximum atomic E-state index is 11.9. The van der Waals surface area contributed by atoms with E-state index in [0.29, 0.717) is 16.1 Å². The third-order valence-electron chi connectivity index (χ3n) is 2.51. The van der Waals surface area contributed by atoms with Gasteiger partial charge in [-0.05, 0) is 38.1 Å². The molecule has 19 heavy (non-hydrogen) atoms. The summed E-state index contributed by atoms with van der Waals surface area (Å²) in [5.74, 6) is -0.454. The Labute approximate surface area is 121 Å². The van der Waals surface area contributed by atoms with E-state index in [1.807, 2.05) is 12.1 Å². The van der Waals surface area contributed by atoms with Gasteiger partial charge in [-0.1, -0.05) is 23.2 Å². The molecule has 0 amide bonds. The molecule has 0 saturated carbocycles. The van der Waals surface area contributed by atoms with Crippen LogP contribution < -0.4 is 0 Å². The molecule has 1 aromatic heterocycles. The van der Waals surface area contributed by atoms with Crippen LogP contribution in [0.2, 0.25) is 10.0 Å². The minimum Gasteiger partial charge on any atom is -0.459 e. The van der Waals surface area contributed by atoms with E-state index in [4.69, 9.17) is 27.9 Å². The summed E-state index contributed by atoms with van der Waals surface area (Å²) >= 11 is 12.2. The van der Waals surface area contributed by atoms with Crippen molar-refractivity contribution in [3.63, 3.8) is 0 Å². The van der Waals surface area contributed by atoms with Crippen molar-refractivity contribution in [1.29, 1.82) is 0 Å². The molecule has 5 heteroatoms. The van der Waals surface area contributed by atoms with Gasteiger partial charge in [0, 0.05) is 17.5 Å². The Morgan fingerprint density at radius 1 is 1.26 bits per heavy atom. The van der Waals surface area contributed by atoms with Crippen LogP contribution in [0.5, 0.6) is 0 Å². The number of carbonyl (C=O) groups excluding carboxylic acids is 1. The molecule has 1 N–H and O–H groups in total. The van der Waals surface area contributed by atoms with Crippen molar-refractivity contribution in [3.05, 3.63) is 46.1 Å². The maximum Gasteiger partial charge on any atom is 0.339 e. The Hall–Kier alpha value is -1.45. The molecule has 0 aliphatic rings. The number of ether oxygens (including phenoxy) is 1. The second-order valence-electron chi connectivity index (χ2n) is 4.35. The van der Waals surface area contributed by atoms with Gasteiger partial charge in [-0.25, -0.2) is 4.79 Å². The number of esters is 1. The predicted molar refractivity (Wildman–Crippen MR) is 76.8 cm³/mol. The highest BCUT2D eigenvalue weighted by molar-refractivity contribution is 6.38. The van der Waals surface area contributed by atoms with E-state index in [-0.39, 0.29) is 11.1 Å². The molecule has 0 fully saturated rings. The fourth-order valence-electron chi connectivity index (χ4n) is 1.69. The van der Waals surface area contributed by atoms with Gasteiger partial charge in [0.15, 0.2) is 0 Å². The summed E-state index contributed by atoms with van der Waals surface area (Å²) in [6.45, 7) is 3.57. The molecule has 3 nitrogen and oxygen atoms in total. The van der Waals surface area contributed by atoms with Crippen molar-refractivity contribution in [2.45, 2.75) is 20.0 Å². The second-order valence-corrected chi connectivity index (χ2v) is 5.16. The fraction of sp³-hybridized carbons (Fsp3) is 0.214. The van der Waals surface area contributed by atoms with E-state index >= 15 is 0 Å². The number of carbonyl (C=O) groups is 1. The summed E-state index contributed by atoms with van der Waals surface area (Å²) in [4.78, 5) is 15.0. The number of hydrogen-bond acceptors (Lipinski definition) is 2. The summed E-state index contributed by atoms with van der Waals surface area (Å²) in [6.07, 6.45) is 1.58. The van der Waals surface area contributed by atoms with Gasteiger partial charge in [-0.2, -0.15) is 0 Å². The highest BCUT2D eigenvalue weighted by Gasteiger charge is 2.17. The highest BCUT2D eigenvalue weighted by atomic mass is 35.5. The van der Waals surface area contributed by atoms with E-state index < -0.39 is 5.97 Å². The molecule has 2 aromatic rings. The van der Waals surface area contributed by atoms with Crippen LogP contribution in [0.4, 0.5) is 0 Å². The lowest BCUT2D eigenvalue weighted by Crippen LogP contribution is -2.12. The number of halogens is 2. The highest BCUT2D eigenvalue weighted by Crippen LogP contribution is 2.32. The summed E-state index contributed by atoms with van der Waals surface area (Å²) in [7, 11) is 0. The average molecular weight is 298 g/mol. The zero-order valence-electron chi connectivity index (χ0n) is 10.5. The number of aromatic amines is 1. The van der Waals surface area contributed by atoms with Gasteiger partial charge >= 0.3 is 5.97 Å². The van der Waals surface area contributed by atoms with Crippen LogP contribution in [0.1, 0.15) is 24.2 Å². The molecule has 0 radical (unpaired) electrons. The summed E-state index contributed by atoms with van der Waals surface area (Å²) in [5, 5.41) is 0.763. The topological polar surface area (TPSA) is 42.1 Å². The monoisotopic (exact) mass is 297 g/mol. The van der Waals surface area contributed by atoms with Crippen LogP contribution in [0.25, 0.3) is 11.3 Å². The first-order valence-corrected chi connectivity index (χ1v) is 6.58. The molecule has 0 spiro atoms. The third-order valence-corrected chi connectivity index (χ3v) is 3.13. The van der Waals surface area contributed by atoms with Gasteiger partial charge in [-0.15, -0.1) is 0 Å². The molecule has 0 aliphatic carbocycles. The zero-order valence-corrected chi connectivity index (χ0v) is 12.0. The summed E-state index contributed by atoms with van der Waals surface area (Å²) < 4.78 is 5.15. The molecule has 1 heterocycles. The number of H-pyrrole nitrogens is 1. The van der Waals surface area contributed by atoms with Crippen LogP contribution in [-0.4, -0.2) is 17.1 Å². The number of rotatable bonds is 3. The molecular weight excluding hydrogens is 285 g/mol. The molecule has 0 bridgehead atoms. The smallest absolute Gasteiger partial charge is 0.339 e. The average Bonchev–Trinajstić information content (AvgIpc) is 2.81. The van der Waals surface area contributed by atoms with Crippen LogP contribution in [0, 0.1) is 0 Å². The van der Waals surface area contributed by atoms with Gasteiger partial charge in [0.05, 0.1) is 21.7 Å². The Bertz CT molecular complexity index is 592. The van der Waals surface area contributed by atoms with Crippen molar-refractivity contribution < 1.29 is 9.53 Å². The number of nitrogens with one attached hydrogen (secondary N) is 1. The van der Waals surface area contributed by atoms with Gasteiger partial charge < -0.3 is 9.72 Å². The van der Waals surface area contributed by atoms with Crippen LogP contribution in [-0.2, 0) is 4.74 Å². The maximum absolute atomic E-state index is 11.9. The summed E-state index contributed by atoms with van der Waals surface area (Å²) in [6, 6.07) is 6.91. The molecule has 0 unspecified atom stereocenters. The number of hydrogen-bond donors (Lipinski definition) is 1. The summed E-state index contributed by atoms with van der Waals surface area (Å²) in [5.41, 5.74) is 1.84. The first kappa shape index (κ1) is 14.0.